The van der Waals surface area contributed by atoms with Crippen LogP contribution in [0.15, 0.2) is 24.3 Å². The minimum atomic E-state index is -2.93. The largest absolute Gasteiger partial charge is 0.435 e. The first-order valence-electron chi connectivity index (χ1n) is 9.14. The van der Waals surface area contributed by atoms with Gasteiger partial charge in [0.2, 0.25) is 5.91 Å². The van der Waals surface area contributed by atoms with E-state index in [2.05, 4.69) is 10.1 Å². The van der Waals surface area contributed by atoms with Crippen LogP contribution in [0.25, 0.3) is 0 Å². The molecule has 0 spiro atoms. The maximum absolute atomic E-state index is 12.6. The van der Waals surface area contributed by atoms with Gasteiger partial charge in [-0.05, 0) is 31.0 Å². The molecule has 1 aliphatic heterocycles. The molecule has 1 heterocycles. The molecule has 6 nitrogen and oxygen atoms in total. The molecule has 0 bridgehead atoms. The Morgan fingerprint density at radius 2 is 1.81 bits per heavy atom. The van der Waals surface area contributed by atoms with Crippen molar-refractivity contribution in [2.75, 3.05) is 32.7 Å². The third-order valence-electron chi connectivity index (χ3n) is 4.52. The molecule has 2 amide bonds. The Kier molecular flexibility index (Phi) is 7.53. The Labute approximate surface area is 158 Å². The summed E-state index contributed by atoms with van der Waals surface area (Å²) in [5, 5.41) is 2.92. The van der Waals surface area contributed by atoms with Gasteiger partial charge in [0.15, 0.2) is 0 Å². The molecule has 1 aromatic carbocycles. The van der Waals surface area contributed by atoms with Crippen molar-refractivity contribution in [3.8, 4) is 5.75 Å². The van der Waals surface area contributed by atoms with Crippen molar-refractivity contribution in [1.29, 1.82) is 0 Å². The Hall–Kier alpha value is -2.22. The molecular weight excluding hydrogens is 356 g/mol. The van der Waals surface area contributed by atoms with E-state index in [1.54, 1.807) is 11.0 Å². The normalized spacial score (nSPS) is 16.5. The number of amides is 2. The van der Waals surface area contributed by atoms with Crippen LogP contribution in [0, 0.1) is 5.92 Å². The number of benzene rings is 1. The molecule has 150 valence electrons. The molecule has 0 aliphatic carbocycles. The molecule has 1 N–H and O–H groups in total. The second-order valence-electron chi connectivity index (χ2n) is 7.05. The number of nitrogens with one attached hydrogen (secondary N) is 1. The molecule has 27 heavy (non-hydrogen) atoms. The van der Waals surface area contributed by atoms with Gasteiger partial charge in [-0.25, -0.2) is 0 Å². The summed E-state index contributed by atoms with van der Waals surface area (Å²) in [4.78, 5) is 28.5. The molecule has 1 atom stereocenters. The van der Waals surface area contributed by atoms with Crippen LogP contribution in [0.5, 0.6) is 5.75 Å². The summed E-state index contributed by atoms with van der Waals surface area (Å²) in [6.45, 7) is 5.75. The molecule has 0 unspecified atom stereocenters. The van der Waals surface area contributed by atoms with Crippen LogP contribution in [-0.2, 0) is 4.79 Å². The van der Waals surface area contributed by atoms with Gasteiger partial charge in [-0.2, -0.15) is 8.78 Å². The summed E-state index contributed by atoms with van der Waals surface area (Å²) in [5.74, 6) is 0.108. The Bertz CT molecular complexity index is 647. The van der Waals surface area contributed by atoms with Gasteiger partial charge in [0, 0.05) is 38.3 Å². The molecule has 0 saturated carbocycles. The summed E-state index contributed by atoms with van der Waals surface area (Å²) in [7, 11) is 0. The van der Waals surface area contributed by atoms with Gasteiger partial charge in [-0.1, -0.05) is 19.9 Å². The summed E-state index contributed by atoms with van der Waals surface area (Å²) < 4.78 is 29.0. The number of carbonyl (C=O) groups excluding carboxylic acids is 2. The number of ether oxygens (including phenoxy) is 1. The fourth-order valence-corrected chi connectivity index (χ4v) is 2.92. The fourth-order valence-electron chi connectivity index (χ4n) is 2.92. The van der Waals surface area contributed by atoms with E-state index >= 15 is 0 Å². The molecule has 1 aliphatic rings. The van der Waals surface area contributed by atoms with E-state index in [4.69, 9.17) is 0 Å². The molecule has 0 aromatic heterocycles. The lowest BCUT2D eigenvalue weighted by Crippen LogP contribution is -2.55. The van der Waals surface area contributed by atoms with Crippen LogP contribution in [0.2, 0.25) is 0 Å². The molecule has 1 saturated heterocycles. The number of hydrogen-bond acceptors (Lipinski definition) is 4. The first kappa shape index (κ1) is 21.1. The minimum absolute atomic E-state index is 0.0136. The smallest absolute Gasteiger partial charge is 0.387 e. The molecular formula is C19H27F2N3O3. The average molecular weight is 383 g/mol. The SMILES string of the molecule is CC(C)CNC(=O)[C@H](C)N1CCN(C(=O)c2cccc(OC(F)F)c2)CC1. The Morgan fingerprint density at radius 1 is 1.15 bits per heavy atom. The van der Waals surface area contributed by atoms with Gasteiger partial charge >= 0.3 is 6.61 Å². The highest BCUT2D eigenvalue weighted by atomic mass is 19.3. The van der Waals surface area contributed by atoms with Crippen LogP contribution in [-0.4, -0.2) is 67.0 Å². The standard InChI is InChI=1S/C19H27F2N3O3/c1-13(2)12-22-17(25)14(3)23-7-9-24(10-8-23)18(26)15-5-4-6-16(11-15)27-19(20)21/h4-6,11,13-14,19H,7-10,12H2,1-3H3,(H,22,25)/t14-/m0/s1. The van der Waals surface area contributed by atoms with Gasteiger partial charge in [-0.15, -0.1) is 0 Å². The quantitative estimate of drug-likeness (QED) is 0.784. The van der Waals surface area contributed by atoms with Crippen LogP contribution in [0.4, 0.5) is 8.78 Å². The third-order valence-corrected chi connectivity index (χ3v) is 4.52. The van der Waals surface area contributed by atoms with Crippen LogP contribution in [0.3, 0.4) is 0 Å². The third kappa shape index (κ3) is 6.16. The van der Waals surface area contributed by atoms with Crippen molar-refractivity contribution in [3.63, 3.8) is 0 Å². The van der Waals surface area contributed by atoms with Crippen molar-refractivity contribution < 1.29 is 23.1 Å². The number of carbonyl (C=O) groups is 2. The topological polar surface area (TPSA) is 61.9 Å². The van der Waals surface area contributed by atoms with Gasteiger partial charge < -0.3 is 15.0 Å². The van der Waals surface area contributed by atoms with Crippen LogP contribution in [0.1, 0.15) is 31.1 Å². The van der Waals surface area contributed by atoms with E-state index in [1.807, 2.05) is 25.7 Å². The van der Waals surface area contributed by atoms with E-state index in [9.17, 15) is 18.4 Å². The second kappa shape index (κ2) is 9.64. The highest BCUT2D eigenvalue weighted by Gasteiger charge is 2.28. The van der Waals surface area contributed by atoms with Crippen molar-refractivity contribution >= 4 is 11.8 Å². The second-order valence-corrected chi connectivity index (χ2v) is 7.05. The number of nitrogens with zero attached hydrogens (tertiary/aromatic N) is 2. The monoisotopic (exact) mass is 383 g/mol. The first-order valence-corrected chi connectivity index (χ1v) is 9.14. The number of hydrogen-bond donors (Lipinski definition) is 1. The van der Waals surface area contributed by atoms with Gasteiger partial charge in [0.1, 0.15) is 5.75 Å². The maximum Gasteiger partial charge on any atom is 0.387 e. The predicted octanol–water partition coefficient (Wildman–Crippen LogP) is 2.21. The van der Waals surface area contributed by atoms with Gasteiger partial charge in [0.25, 0.3) is 5.91 Å². The highest BCUT2D eigenvalue weighted by molar-refractivity contribution is 5.94. The molecule has 8 heteroatoms. The van der Waals surface area contributed by atoms with Crippen LogP contribution < -0.4 is 10.1 Å². The molecule has 2 rings (SSSR count). The van der Waals surface area contributed by atoms with Crippen LogP contribution >= 0.6 is 0 Å². The maximum atomic E-state index is 12.6. The zero-order valence-corrected chi connectivity index (χ0v) is 16.0. The van der Waals surface area contributed by atoms with E-state index < -0.39 is 6.61 Å². The predicted molar refractivity (Wildman–Crippen MR) is 97.9 cm³/mol. The van der Waals surface area contributed by atoms with E-state index in [0.29, 0.717) is 44.2 Å². The molecule has 1 fully saturated rings. The fraction of sp³-hybridized carbons (Fsp3) is 0.579. The summed E-state index contributed by atoms with van der Waals surface area (Å²) in [6.07, 6.45) is 0. The van der Waals surface area contributed by atoms with Crippen molar-refractivity contribution in [2.45, 2.75) is 33.4 Å². The van der Waals surface area contributed by atoms with Crippen molar-refractivity contribution in [2.24, 2.45) is 5.92 Å². The Morgan fingerprint density at radius 3 is 2.41 bits per heavy atom. The molecule has 1 aromatic rings. The highest BCUT2D eigenvalue weighted by Crippen LogP contribution is 2.18. The number of rotatable bonds is 7. The summed E-state index contributed by atoms with van der Waals surface area (Å²) in [6, 6.07) is 5.54. The lowest BCUT2D eigenvalue weighted by Gasteiger charge is -2.37. The van der Waals surface area contributed by atoms with Gasteiger partial charge in [0.05, 0.1) is 6.04 Å². The number of piperazine rings is 1. The Balaban J connectivity index is 1.89. The zero-order valence-electron chi connectivity index (χ0n) is 16.0. The molecule has 0 radical (unpaired) electrons. The lowest BCUT2D eigenvalue weighted by atomic mass is 10.1. The zero-order chi connectivity index (χ0) is 20.0. The van der Waals surface area contributed by atoms with E-state index in [-0.39, 0.29) is 23.6 Å². The average Bonchev–Trinajstić information content (AvgIpc) is 2.64. The van der Waals surface area contributed by atoms with Crippen molar-refractivity contribution in [1.82, 2.24) is 15.1 Å². The first-order chi connectivity index (χ1) is 12.8. The summed E-state index contributed by atoms with van der Waals surface area (Å²) in [5.41, 5.74) is 0.310. The minimum Gasteiger partial charge on any atom is -0.435 e. The lowest BCUT2D eigenvalue weighted by molar-refractivity contribution is -0.126. The van der Waals surface area contributed by atoms with Crippen molar-refractivity contribution in [3.05, 3.63) is 29.8 Å². The van der Waals surface area contributed by atoms with Gasteiger partial charge in [-0.3, -0.25) is 14.5 Å². The van der Waals surface area contributed by atoms with E-state index in [1.165, 1.54) is 18.2 Å². The summed E-state index contributed by atoms with van der Waals surface area (Å²) >= 11 is 0. The number of halogens is 2. The van der Waals surface area contributed by atoms with E-state index in [0.717, 1.165) is 0 Å². The number of alkyl halides is 2.